The molecule has 7 nitrogen and oxygen atoms in total. The maximum atomic E-state index is 15.4. The zero-order valence-electron chi connectivity index (χ0n) is 15.9. The van der Waals surface area contributed by atoms with Gasteiger partial charge in [0.15, 0.2) is 5.82 Å². The van der Waals surface area contributed by atoms with Crippen LogP contribution in [0.4, 0.5) is 14.5 Å². The number of nitrogen functional groups attached to an aromatic ring is 1. The number of benzene rings is 1. The van der Waals surface area contributed by atoms with Crippen LogP contribution in [0.3, 0.4) is 0 Å². The molecular weight excluding hydrogens is 382 g/mol. The Morgan fingerprint density at radius 1 is 1.41 bits per heavy atom. The Kier molecular flexibility index (Phi) is 3.68. The summed E-state index contributed by atoms with van der Waals surface area (Å²) in [6.07, 6.45) is 2.54. The number of nitrogens with zero attached hydrogens (tertiary/aromatic N) is 2. The molecule has 0 amide bonds. The monoisotopic (exact) mass is 404 g/mol. The largest absolute Gasteiger partial charge is 0.477 e. The van der Waals surface area contributed by atoms with Crippen molar-refractivity contribution < 1.29 is 18.7 Å². The van der Waals surface area contributed by atoms with Gasteiger partial charge in [-0.1, -0.05) is 0 Å². The summed E-state index contributed by atoms with van der Waals surface area (Å²) in [4.78, 5) is 24.4. The molecule has 2 aromatic rings. The molecule has 3 aliphatic rings. The van der Waals surface area contributed by atoms with Crippen molar-refractivity contribution in [3.63, 3.8) is 0 Å². The molecule has 0 bridgehead atoms. The van der Waals surface area contributed by atoms with Crippen molar-refractivity contribution in [2.45, 2.75) is 56.3 Å². The molecule has 29 heavy (non-hydrogen) atoms. The fraction of sp³-hybridized carbons (Fsp3) is 0.500. The molecule has 0 radical (unpaired) electrons. The zero-order valence-corrected chi connectivity index (χ0v) is 15.9. The van der Waals surface area contributed by atoms with E-state index in [0.717, 1.165) is 19.4 Å². The van der Waals surface area contributed by atoms with Crippen LogP contribution >= 0.6 is 0 Å². The normalized spacial score (nSPS) is 32.8. The lowest BCUT2D eigenvalue weighted by atomic mass is 9.88. The maximum absolute atomic E-state index is 15.4. The summed E-state index contributed by atoms with van der Waals surface area (Å²) in [5.41, 5.74) is 5.50. The average molecular weight is 404 g/mol. The topological polar surface area (TPSA) is 114 Å². The van der Waals surface area contributed by atoms with Gasteiger partial charge in [-0.15, -0.1) is 0 Å². The molecule has 9 heteroatoms. The predicted octanol–water partition coefficient (Wildman–Crippen LogP) is 2.21. The van der Waals surface area contributed by atoms with E-state index in [1.807, 2.05) is 0 Å². The van der Waals surface area contributed by atoms with E-state index in [-0.39, 0.29) is 29.0 Å². The molecule has 154 valence electrons. The zero-order chi connectivity index (χ0) is 20.8. The van der Waals surface area contributed by atoms with Crippen molar-refractivity contribution in [2.75, 3.05) is 12.3 Å². The number of nitrogens with two attached hydrogens (primary N) is 2. The highest BCUT2D eigenvalue weighted by molar-refractivity contribution is 5.99. The molecule has 1 saturated heterocycles. The van der Waals surface area contributed by atoms with Crippen LogP contribution in [0.25, 0.3) is 10.9 Å². The number of hydrogen-bond donors (Lipinski definition) is 3. The third-order valence-corrected chi connectivity index (χ3v) is 6.97. The van der Waals surface area contributed by atoms with Crippen LogP contribution in [0.5, 0.6) is 0 Å². The summed E-state index contributed by atoms with van der Waals surface area (Å²) >= 11 is 0. The maximum Gasteiger partial charge on any atom is 0.341 e. The molecule has 1 spiro atoms. The number of pyridine rings is 1. The van der Waals surface area contributed by atoms with Gasteiger partial charge in [0.25, 0.3) is 0 Å². The molecular formula is C20H22F2N4O3. The molecule has 1 aromatic heterocycles. The first kappa shape index (κ1) is 18.5. The summed E-state index contributed by atoms with van der Waals surface area (Å²) in [5, 5.41) is 11.0. The minimum absolute atomic E-state index is 0.0966. The van der Waals surface area contributed by atoms with Crippen LogP contribution in [0.1, 0.15) is 59.1 Å². The van der Waals surface area contributed by atoms with Crippen LogP contribution in [0.15, 0.2) is 11.0 Å². The van der Waals surface area contributed by atoms with Gasteiger partial charge in [-0.25, -0.2) is 18.6 Å². The summed E-state index contributed by atoms with van der Waals surface area (Å²) in [6.45, 7) is 2.47. The summed E-state index contributed by atoms with van der Waals surface area (Å²) in [7, 11) is 0. The number of carboxylic acid groups (broad SMARTS) is 1. The Labute approximate surface area is 164 Å². The van der Waals surface area contributed by atoms with E-state index >= 15 is 4.39 Å². The second-order valence-electron chi connectivity index (χ2n) is 8.69. The van der Waals surface area contributed by atoms with Gasteiger partial charge >= 0.3 is 5.97 Å². The van der Waals surface area contributed by atoms with Crippen LogP contribution in [0, 0.1) is 12.7 Å². The standard InChI is InChI=1S/C20H22F2N4O3/c1-8-13(9-2-3-20(5-9)7-26(20)24)15(22)16(23)14-17(8)25(12-4-11(12)21)6-10(18(14)27)19(28)29/h6,9,11-12H,2-5,7,23-24H2,1H3,(H,28,29)/t9?,11-,12+,20?,26?/m0/s1. The predicted molar refractivity (Wildman–Crippen MR) is 103 cm³/mol. The van der Waals surface area contributed by atoms with Crippen LogP contribution < -0.4 is 17.0 Å². The first-order valence-electron chi connectivity index (χ1n) is 9.72. The summed E-state index contributed by atoms with van der Waals surface area (Å²) in [6, 6.07) is -0.578. The fourth-order valence-electron chi connectivity index (χ4n) is 5.19. The Hall–Kier alpha value is -2.52. The van der Waals surface area contributed by atoms with Crippen LogP contribution in [0.2, 0.25) is 0 Å². The molecule has 1 aromatic carbocycles. The lowest BCUT2D eigenvalue weighted by Crippen LogP contribution is -2.23. The van der Waals surface area contributed by atoms with Crippen molar-refractivity contribution in [3.8, 4) is 0 Å². The van der Waals surface area contributed by atoms with Crippen molar-refractivity contribution in [2.24, 2.45) is 5.84 Å². The number of carboxylic acids is 1. The molecule has 5 atom stereocenters. The molecule has 5 N–H and O–H groups in total. The van der Waals surface area contributed by atoms with E-state index in [0.29, 0.717) is 23.1 Å². The van der Waals surface area contributed by atoms with E-state index in [2.05, 4.69) is 0 Å². The number of fused-ring (bicyclic) bond motifs is 1. The van der Waals surface area contributed by atoms with E-state index in [4.69, 9.17) is 11.6 Å². The third kappa shape index (κ3) is 2.47. The van der Waals surface area contributed by atoms with Crippen molar-refractivity contribution in [1.82, 2.24) is 9.58 Å². The first-order valence-corrected chi connectivity index (χ1v) is 9.72. The highest BCUT2D eigenvalue weighted by Gasteiger charge is 2.55. The first-order chi connectivity index (χ1) is 13.7. The van der Waals surface area contributed by atoms with E-state index in [9.17, 15) is 19.1 Å². The molecule has 1 aliphatic heterocycles. The van der Waals surface area contributed by atoms with E-state index in [1.54, 1.807) is 11.9 Å². The number of hydrazine groups is 1. The minimum atomic E-state index is -1.45. The minimum Gasteiger partial charge on any atom is -0.477 e. The highest BCUT2D eigenvalue weighted by atomic mass is 19.1. The van der Waals surface area contributed by atoms with Gasteiger partial charge in [-0.3, -0.25) is 10.6 Å². The number of aromatic nitrogens is 1. The molecule has 3 unspecified atom stereocenters. The number of carbonyl (C=O) groups is 1. The number of aromatic carboxylic acids is 1. The lowest BCUT2D eigenvalue weighted by Gasteiger charge is -2.22. The Morgan fingerprint density at radius 3 is 2.59 bits per heavy atom. The smallest absolute Gasteiger partial charge is 0.341 e. The number of alkyl halides is 1. The van der Waals surface area contributed by atoms with Crippen molar-refractivity contribution in [3.05, 3.63) is 38.9 Å². The third-order valence-electron chi connectivity index (χ3n) is 6.97. The van der Waals surface area contributed by atoms with E-state index < -0.39 is 35.0 Å². The Balaban J connectivity index is 1.78. The molecule has 2 heterocycles. The molecule has 2 aliphatic carbocycles. The quantitative estimate of drug-likeness (QED) is 0.411. The van der Waals surface area contributed by atoms with Gasteiger partial charge < -0.3 is 15.4 Å². The second kappa shape index (κ2) is 5.76. The van der Waals surface area contributed by atoms with Crippen LogP contribution in [-0.2, 0) is 0 Å². The molecule has 5 rings (SSSR count). The Morgan fingerprint density at radius 2 is 2.07 bits per heavy atom. The fourth-order valence-corrected chi connectivity index (χ4v) is 5.19. The van der Waals surface area contributed by atoms with E-state index in [1.165, 1.54) is 10.8 Å². The number of halogens is 2. The van der Waals surface area contributed by atoms with Crippen molar-refractivity contribution >= 4 is 22.6 Å². The number of aryl methyl sites for hydroxylation is 1. The number of anilines is 1. The lowest BCUT2D eigenvalue weighted by molar-refractivity contribution is 0.0694. The van der Waals surface area contributed by atoms with Crippen molar-refractivity contribution in [1.29, 1.82) is 0 Å². The molecule has 3 fully saturated rings. The number of rotatable bonds is 3. The van der Waals surface area contributed by atoms with Gasteiger partial charge in [-0.2, -0.15) is 0 Å². The van der Waals surface area contributed by atoms with Crippen LogP contribution in [-0.4, -0.2) is 38.9 Å². The van der Waals surface area contributed by atoms with Gasteiger partial charge in [-0.05, 0) is 43.2 Å². The van der Waals surface area contributed by atoms with Gasteiger partial charge in [0, 0.05) is 24.7 Å². The summed E-state index contributed by atoms with van der Waals surface area (Å²) < 4.78 is 30.8. The summed E-state index contributed by atoms with van der Waals surface area (Å²) in [5.74, 6) is 3.68. The second-order valence-corrected chi connectivity index (χ2v) is 8.69. The average Bonchev–Trinajstić information content (AvgIpc) is 3.47. The highest BCUT2D eigenvalue weighted by Crippen LogP contribution is 2.53. The van der Waals surface area contributed by atoms with Gasteiger partial charge in [0.2, 0.25) is 5.43 Å². The van der Waals surface area contributed by atoms with Gasteiger partial charge in [0.1, 0.15) is 11.7 Å². The molecule has 2 saturated carbocycles. The van der Waals surface area contributed by atoms with Gasteiger partial charge in [0.05, 0.1) is 22.6 Å². The SMILES string of the molecule is Cc1c(C2CCC3(C2)CN3N)c(F)c(N)c2c(=O)c(C(=O)O)cn([C@@H]3C[C@@H]3F)c12. The number of hydrogen-bond acceptors (Lipinski definition) is 5. The Bertz CT molecular complexity index is 1150.